The van der Waals surface area contributed by atoms with E-state index in [0.29, 0.717) is 15.6 Å². The molecule has 0 fully saturated rings. The molecule has 96 valence electrons. The van der Waals surface area contributed by atoms with Crippen molar-refractivity contribution in [3.05, 3.63) is 39.1 Å². The van der Waals surface area contributed by atoms with E-state index in [1.54, 1.807) is 25.1 Å². The van der Waals surface area contributed by atoms with E-state index in [2.05, 4.69) is 21.0 Å². The Morgan fingerprint density at radius 2 is 2.00 bits per heavy atom. The largest absolute Gasteiger partial charge is 0.433 e. The average molecular weight is 340 g/mol. The van der Waals surface area contributed by atoms with Crippen molar-refractivity contribution in [2.24, 2.45) is 0 Å². The Kier molecular flexibility index (Phi) is 3.42. The number of halogens is 5. The standard InChI is InChI=1S/C11H7BrClF3N2/c1-5-2-3-6(12)4-7(5)8-9(11(14,15)16)17-18-10(8)13/h2-4H,1H3,(H,17,18). The first-order valence-electron chi connectivity index (χ1n) is 4.88. The van der Waals surface area contributed by atoms with Crippen molar-refractivity contribution in [2.45, 2.75) is 13.1 Å². The molecule has 1 heterocycles. The highest BCUT2D eigenvalue weighted by Crippen LogP contribution is 2.40. The second-order valence-electron chi connectivity index (χ2n) is 3.72. The van der Waals surface area contributed by atoms with E-state index < -0.39 is 11.9 Å². The van der Waals surface area contributed by atoms with Gasteiger partial charge < -0.3 is 0 Å². The monoisotopic (exact) mass is 338 g/mol. The van der Waals surface area contributed by atoms with E-state index >= 15 is 0 Å². The minimum atomic E-state index is -4.52. The lowest BCUT2D eigenvalue weighted by molar-refractivity contribution is -0.140. The lowest BCUT2D eigenvalue weighted by Gasteiger charge is -2.10. The topological polar surface area (TPSA) is 28.7 Å². The first-order valence-corrected chi connectivity index (χ1v) is 6.05. The van der Waals surface area contributed by atoms with Crippen LogP contribution in [0.4, 0.5) is 13.2 Å². The van der Waals surface area contributed by atoms with Crippen LogP contribution >= 0.6 is 27.5 Å². The number of rotatable bonds is 1. The molecule has 7 heteroatoms. The SMILES string of the molecule is Cc1ccc(Br)cc1-c1c(Cl)n[nH]c1C(F)(F)F. The van der Waals surface area contributed by atoms with Gasteiger partial charge in [-0.05, 0) is 30.2 Å². The van der Waals surface area contributed by atoms with Gasteiger partial charge in [0.2, 0.25) is 0 Å². The maximum atomic E-state index is 12.8. The fourth-order valence-corrected chi connectivity index (χ4v) is 2.23. The summed E-state index contributed by atoms with van der Waals surface area (Å²) in [6.07, 6.45) is -4.52. The molecule has 0 aliphatic rings. The number of nitrogens with zero attached hydrogens (tertiary/aromatic N) is 1. The van der Waals surface area contributed by atoms with E-state index in [4.69, 9.17) is 11.6 Å². The van der Waals surface area contributed by atoms with E-state index in [-0.39, 0.29) is 10.7 Å². The fraction of sp³-hybridized carbons (Fsp3) is 0.182. The zero-order chi connectivity index (χ0) is 13.5. The molecule has 2 aromatic rings. The summed E-state index contributed by atoms with van der Waals surface area (Å²) in [5, 5.41) is 5.18. The van der Waals surface area contributed by atoms with Crippen molar-refractivity contribution in [1.82, 2.24) is 10.2 Å². The minimum Gasteiger partial charge on any atom is -0.272 e. The molecule has 0 unspecified atom stereocenters. The molecular weight excluding hydrogens is 332 g/mol. The van der Waals surface area contributed by atoms with Crippen LogP contribution in [0.15, 0.2) is 22.7 Å². The van der Waals surface area contributed by atoms with Gasteiger partial charge in [-0.1, -0.05) is 33.6 Å². The third kappa shape index (κ3) is 2.40. The normalized spacial score (nSPS) is 11.9. The van der Waals surface area contributed by atoms with Crippen LogP contribution in [0.1, 0.15) is 11.3 Å². The second-order valence-corrected chi connectivity index (χ2v) is 5.00. The summed E-state index contributed by atoms with van der Waals surface area (Å²) in [7, 11) is 0. The molecule has 0 saturated heterocycles. The van der Waals surface area contributed by atoms with Gasteiger partial charge in [-0.3, -0.25) is 5.10 Å². The van der Waals surface area contributed by atoms with Gasteiger partial charge in [0, 0.05) is 4.47 Å². The van der Waals surface area contributed by atoms with Crippen molar-refractivity contribution >= 4 is 27.5 Å². The second kappa shape index (κ2) is 4.59. The zero-order valence-corrected chi connectivity index (χ0v) is 11.4. The van der Waals surface area contributed by atoms with Crippen molar-refractivity contribution in [3.63, 3.8) is 0 Å². The summed E-state index contributed by atoms with van der Waals surface area (Å²) in [6, 6.07) is 5.05. The number of aryl methyl sites for hydroxylation is 1. The Morgan fingerprint density at radius 3 is 2.61 bits per heavy atom. The summed E-state index contributed by atoms with van der Waals surface area (Å²) < 4.78 is 39.2. The highest BCUT2D eigenvalue weighted by atomic mass is 79.9. The highest BCUT2D eigenvalue weighted by Gasteiger charge is 2.37. The van der Waals surface area contributed by atoms with Crippen LogP contribution in [-0.4, -0.2) is 10.2 Å². The molecule has 1 N–H and O–H groups in total. The molecular formula is C11H7BrClF3N2. The van der Waals surface area contributed by atoms with Gasteiger partial charge in [0.1, 0.15) is 5.69 Å². The summed E-state index contributed by atoms with van der Waals surface area (Å²) in [4.78, 5) is 0. The average Bonchev–Trinajstić information content (AvgIpc) is 2.63. The number of nitrogens with one attached hydrogen (secondary N) is 1. The first-order chi connectivity index (χ1) is 8.30. The lowest BCUT2D eigenvalue weighted by atomic mass is 10.0. The fourth-order valence-electron chi connectivity index (χ4n) is 1.63. The maximum absolute atomic E-state index is 12.8. The third-order valence-electron chi connectivity index (χ3n) is 2.47. The summed E-state index contributed by atoms with van der Waals surface area (Å²) in [6.45, 7) is 1.71. The Bertz CT molecular complexity index is 592. The summed E-state index contributed by atoms with van der Waals surface area (Å²) >= 11 is 8.98. The molecule has 0 radical (unpaired) electrons. The third-order valence-corrected chi connectivity index (χ3v) is 3.24. The van der Waals surface area contributed by atoms with Crippen molar-refractivity contribution in [1.29, 1.82) is 0 Å². The molecule has 1 aromatic heterocycles. The first kappa shape index (κ1) is 13.4. The van der Waals surface area contributed by atoms with Crippen LogP contribution in [0.2, 0.25) is 5.15 Å². The number of aromatic amines is 1. The van der Waals surface area contributed by atoms with Gasteiger partial charge in [0.15, 0.2) is 5.15 Å². The predicted molar refractivity (Wildman–Crippen MR) is 66.5 cm³/mol. The smallest absolute Gasteiger partial charge is 0.272 e. The van der Waals surface area contributed by atoms with Gasteiger partial charge in [0.05, 0.1) is 5.56 Å². The van der Waals surface area contributed by atoms with Crippen LogP contribution < -0.4 is 0 Å². The van der Waals surface area contributed by atoms with Crippen LogP contribution in [-0.2, 0) is 6.18 Å². The summed E-state index contributed by atoms with van der Waals surface area (Å²) in [5.41, 5.74) is 0.0270. The number of hydrogen-bond donors (Lipinski definition) is 1. The number of benzene rings is 1. The van der Waals surface area contributed by atoms with E-state index in [9.17, 15) is 13.2 Å². The van der Waals surface area contributed by atoms with Crippen LogP contribution in [0, 0.1) is 6.92 Å². The molecule has 0 aliphatic heterocycles. The molecule has 0 amide bonds. The van der Waals surface area contributed by atoms with E-state index in [1.165, 1.54) is 0 Å². The van der Waals surface area contributed by atoms with Crippen molar-refractivity contribution in [3.8, 4) is 11.1 Å². The maximum Gasteiger partial charge on any atom is 0.433 e. The predicted octanol–water partition coefficient (Wildman–Crippen LogP) is 4.82. The Balaban J connectivity index is 2.71. The molecule has 2 rings (SSSR count). The van der Waals surface area contributed by atoms with Gasteiger partial charge in [0.25, 0.3) is 0 Å². The number of aromatic nitrogens is 2. The number of H-pyrrole nitrogens is 1. The molecule has 0 saturated carbocycles. The van der Waals surface area contributed by atoms with Crippen molar-refractivity contribution in [2.75, 3.05) is 0 Å². The van der Waals surface area contributed by atoms with Gasteiger partial charge in [-0.2, -0.15) is 18.3 Å². The number of alkyl halides is 3. The van der Waals surface area contributed by atoms with Gasteiger partial charge in [-0.15, -0.1) is 0 Å². The molecule has 0 bridgehead atoms. The molecule has 0 atom stereocenters. The molecule has 18 heavy (non-hydrogen) atoms. The minimum absolute atomic E-state index is 0.122. The van der Waals surface area contributed by atoms with Gasteiger partial charge >= 0.3 is 6.18 Å². The molecule has 1 aromatic carbocycles. The molecule has 2 nitrogen and oxygen atoms in total. The van der Waals surface area contributed by atoms with Gasteiger partial charge in [-0.25, -0.2) is 0 Å². The van der Waals surface area contributed by atoms with E-state index in [1.807, 2.05) is 5.10 Å². The quantitative estimate of drug-likeness (QED) is 0.793. The van der Waals surface area contributed by atoms with Crippen LogP contribution in [0.5, 0.6) is 0 Å². The Morgan fingerprint density at radius 1 is 1.33 bits per heavy atom. The van der Waals surface area contributed by atoms with Crippen LogP contribution in [0.25, 0.3) is 11.1 Å². The Labute approximate surface area is 114 Å². The van der Waals surface area contributed by atoms with Crippen molar-refractivity contribution < 1.29 is 13.2 Å². The van der Waals surface area contributed by atoms with E-state index in [0.717, 1.165) is 0 Å². The zero-order valence-electron chi connectivity index (χ0n) is 9.07. The lowest BCUT2D eigenvalue weighted by Crippen LogP contribution is -2.07. The molecule has 0 aliphatic carbocycles. The Hall–Kier alpha value is -1.01. The summed E-state index contributed by atoms with van der Waals surface area (Å²) in [5.74, 6) is 0. The number of hydrogen-bond acceptors (Lipinski definition) is 1. The van der Waals surface area contributed by atoms with Crippen LogP contribution in [0.3, 0.4) is 0 Å². The molecule has 0 spiro atoms. The highest BCUT2D eigenvalue weighted by molar-refractivity contribution is 9.10.